The molecule has 0 amide bonds. The van der Waals surface area contributed by atoms with E-state index in [1.54, 1.807) is 0 Å². The van der Waals surface area contributed by atoms with E-state index in [0.29, 0.717) is 0 Å². The van der Waals surface area contributed by atoms with E-state index in [2.05, 4.69) is 76.2 Å². The van der Waals surface area contributed by atoms with Gasteiger partial charge in [-0.1, -0.05) is 133 Å². The molecule has 0 aliphatic rings. The third kappa shape index (κ3) is 11.0. The van der Waals surface area contributed by atoms with Crippen LogP contribution in [0.2, 0.25) is 0 Å². The van der Waals surface area contributed by atoms with Gasteiger partial charge in [0.15, 0.2) is 0 Å². The molecule has 3 nitrogen and oxygen atoms in total. The van der Waals surface area contributed by atoms with Gasteiger partial charge in [0.1, 0.15) is 30.8 Å². The van der Waals surface area contributed by atoms with Crippen molar-refractivity contribution in [1.29, 1.82) is 0 Å². The van der Waals surface area contributed by atoms with Gasteiger partial charge >= 0.3 is 0 Å². The summed E-state index contributed by atoms with van der Waals surface area (Å²) < 4.78 is 11.6. The van der Waals surface area contributed by atoms with Crippen molar-refractivity contribution in [2.45, 2.75) is 110 Å². The molecule has 3 rings (SSSR count). The monoisotopic (exact) mass is 544 g/mol. The molecule has 40 heavy (non-hydrogen) atoms. The molecule has 0 bridgehead atoms. The van der Waals surface area contributed by atoms with Crippen LogP contribution >= 0.6 is 0 Å². The van der Waals surface area contributed by atoms with E-state index in [0.717, 1.165) is 17.9 Å². The molecule has 0 saturated carbocycles. The van der Waals surface area contributed by atoms with E-state index in [1.165, 1.54) is 86.5 Å². The Morgan fingerprint density at radius 3 is 1.52 bits per heavy atom. The third-order valence-electron chi connectivity index (χ3n) is 7.98. The van der Waals surface area contributed by atoms with Crippen molar-refractivity contribution in [3.05, 3.63) is 95.1 Å². The molecular weight excluding hydrogens is 492 g/mol. The van der Waals surface area contributed by atoms with Gasteiger partial charge in [0.05, 0.1) is 0 Å². The quantitative estimate of drug-likeness (QED) is 0.153. The summed E-state index contributed by atoms with van der Waals surface area (Å²) in [5, 5.41) is 10.4. The van der Waals surface area contributed by atoms with E-state index in [1.807, 2.05) is 24.3 Å². The number of unbranched alkanes of at least 4 members (excludes halogenated alkanes) is 9. The van der Waals surface area contributed by atoms with Gasteiger partial charge < -0.3 is 14.6 Å². The van der Waals surface area contributed by atoms with Crippen molar-refractivity contribution in [2.24, 2.45) is 0 Å². The number of hydrogen-bond donors (Lipinski definition) is 1. The minimum absolute atomic E-state index is 0.0949. The van der Waals surface area contributed by atoms with Gasteiger partial charge in [0.2, 0.25) is 0 Å². The summed E-state index contributed by atoms with van der Waals surface area (Å²) in [6.07, 6.45) is 14.0. The second kappa shape index (κ2) is 17.1. The first-order chi connectivity index (χ1) is 19.4. The minimum atomic E-state index is -0.699. The summed E-state index contributed by atoms with van der Waals surface area (Å²) in [6.45, 7) is 9.25. The van der Waals surface area contributed by atoms with Gasteiger partial charge in [-0.3, -0.25) is 0 Å². The molecule has 218 valence electrons. The largest absolute Gasteiger partial charge is 0.491 e. The second-order valence-corrected chi connectivity index (χ2v) is 11.9. The topological polar surface area (TPSA) is 38.7 Å². The Labute approximate surface area is 244 Å². The highest BCUT2D eigenvalue weighted by atomic mass is 16.5. The smallest absolute Gasteiger partial charge is 0.122 e. The predicted octanol–water partition coefficient (Wildman–Crippen LogP) is 9.60. The van der Waals surface area contributed by atoms with Crippen molar-refractivity contribution in [2.75, 3.05) is 13.2 Å². The molecule has 3 heteroatoms. The first-order valence-electron chi connectivity index (χ1n) is 15.6. The molecule has 0 aliphatic heterocycles. The molecule has 0 spiro atoms. The van der Waals surface area contributed by atoms with Crippen LogP contribution in [0.3, 0.4) is 0 Å². The number of hydrogen-bond acceptors (Lipinski definition) is 3. The number of aryl methyl sites for hydroxylation is 2. The van der Waals surface area contributed by atoms with Crippen LogP contribution in [0.1, 0.15) is 107 Å². The van der Waals surface area contributed by atoms with Gasteiger partial charge in [-0.15, -0.1) is 0 Å². The normalized spacial score (nSPS) is 12.3. The summed E-state index contributed by atoms with van der Waals surface area (Å²) in [5.74, 6) is 1.53. The van der Waals surface area contributed by atoms with E-state index in [-0.39, 0.29) is 18.6 Å². The number of aliphatic hydroxyl groups excluding tert-OH is 1. The maximum absolute atomic E-state index is 10.4. The van der Waals surface area contributed by atoms with Crippen molar-refractivity contribution in [3.63, 3.8) is 0 Å². The molecule has 0 aromatic heterocycles. The lowest BCUT2D eigenvalue weighted by molar-refractivity contribution is 0.0626. The Morgan fingerprint density at radius 2 is 1.02 bits per heavy atom. The van der Waals surface area contributed by atoms with Crippen LogP contribution in [0.25, 0.3) is 0 Å². The Kier molecular flexibility index (Phi) is 13.6. The molecular formula is C37H52O3. The van der Waals surface area contributed by atoms with Gasteiger partial charge in [-0.25, -0.2) is 0 Å². The SMILES string of the molecule is CCCCCCCCCCCCc1ccc(OCC(O)COc2ccc(C(C)(C)c3ccc(C)cc3)cc2)cc1. The highest BCUT2D eigenvalue weighted by Gasteiger charge is 2.23. The first-order valence-corrected chi connectivity index (χ1v) is 15.6. The average Bonchev–Trinajstić information content (AvgIpc) is 2.97. The zero-order chi connectivity index (χ0) is 28.6. The van der Waals surface area contributed by atoms with Gasteiger partial charge in [-0.2, -0.15) is 0 Å². The lowest BCUT2D eigenvalue weighted by atomic mass is 9.78. The fourth-order valence-electron chi connectivity index (χ4n) is 5.11. The summed E-state index contributed by atoms with van der Waals surface area (Å²) in [7, 11) is 0. The van der Waals surface area contributed by atoms with E-state index in [4.69, 9.17) is 9.47 Å². The maximum atomic E-state index is 10.4. The van der Waals surface area contributed by atoms with E-state index < -0.39 is 6.10 Å². The molecule has 1 atom stereocenters. The molecule has 0 heterocycles. The lowest BCUT2D eigenvalue weighted by Crippen LogP contribution is -2.25. The van der Waals surface area contributed by atoms with Crippen molar-refractivity contribution in [3.8, 4) is 11.5 Å². The Hall–Kier alpha value is -2.78. The van der Waals surface area contributed by atoms with E-state index >= 15 is 0 Å². The highest BCUT2D eigenvalue weighted by Crippen LogP contribution is 2.32. The van der Waals surface area contributed by atoms with Crippen molar-refractivity contribution < 1.29 is 14.6 Å². The molecule has 0 saturated heterocycles. The summed E-state index contributed by atoms with van der Waals surface area (Å²) in [5.41, 5.74) is 5.03. The second-order valence-electron chi connectivity index (χ2n) is 11.9. The molecule has 1 N–H and O–H groups in total. The average molecular weight is 545 g/mol. The van der Waals surface area contributed by atoms with Gasteiger partial charge in [0, 0.05) is 5.41 Å². The molecule has 0 fully saturated rings. The first kappa shape index (κ1) is 31.7. The van der Waals surface area contributed by atoms with Crippen LogP contribution in [0.15, 0.2) is 72.8 Å². The Balaban J connectivity index is 1.30. The number of ether oxygens (including phenoxy) is 2. The summed E-state index contributed by atoms with van der Waals surface area (Å²) in [6, 6.07) is 25.2. The third-order valence-corrected chi connectivity index (χ3v) is 7.98. The molecule has 1 unspecified atom stereocenters. The van der Waals surface area contributed by atoms with Gasteiger partial charge in [0.25, 0.3) is 0 Å². The molecule has 3 aromatic carbocycles. The highest BCUT2D eigenvalue weighted by molar-refractivity contribution is 5.40. The maximum Gasteiger partial charge on any atom is 0.122 e. The number of rotatable bonds is 19. The molecule has 3 aromatic rings. The zero-order valence-corrected chi connectivity index (χ0v) is 25.5. The Morgan fingerprint density at radius 1 is 0.600 bits per heavy atom. The standard InChI is InChI=1S/C37H52O3/c1-5-6-7-8-9-10-11-12-13-14-15-31-18-24-35(25-19-31)39-28-34(38)29-40-36-26-22-33(23-27-36)37(3,4)32-20-16-30(2)17-21-32/h16-27,34,38H,5-15,28-29H2,1-4H3. The fraction of sp³-hybridized carbons (Fsp3) is 0.514. The van der Waals surface area contributed by atoms with Crippen molar-refractivity contribution >= 4 is 0 Å². The van der Waals surface area contributed by atoms with Crippen LogP contribution in [0, 0.1) is 6.92 Å². The number of benzene rings is 3. The van der Waals surface area contributed by atoms with Crippen LogP contribution in [0.5, 0.6) is 11.5 Å². The van der Waals surface area contributed by atoms with Crippen molar-refractivity contribution in [1.82, 2.24) is 0 Å². The van der Waals surface area contributed by atoms with Gasteiger partial charge in [-0.05, 0) is 60.7 Å². The van der Waals surface area contributed by atoms with E-state index in [9.17, 15) is 5.11 Å². The van der Waals surface area contributed by atoms with Crippen LogP contribution in [-0.2, 0) is 11.8 Å². The Bertz CT molecular complexity index is 1070. The molecule has 0 aliphatic carbocycles. The van der Waals surface area contributed by atoms with Crippen LogP contribution < -0.4 is 9.47 Å². The van der Waals surface area contributed by atoms with Crippen LogP contribution in [0.4, 0.5) is 0 Å². The summed E-state index contributed by atoms with van der Waals surface area (Å²) in [4.78, 5) is 0. The minimum Gasteiger partial charge on any atom is -0.491 e. The molecule has 0 radical (unpaired) electrons. The zero-order valence-electron chi connectivity index (χ0n) is 25.5. The van der Waals surface area contributed by atoms with Crippen LogP contribution in [-0.4, -0.2) is 24.4 Å². The number of aliphatic hydroxyl groups is 1. The predicted molar refractivity (Wildman–Crippen MR) is 169 cm³/mol. The fourth-order valence-corrected chi connectivity index (χ4v) is 5.11. The summed E-state index contributed by atoms with van der Waals surface area (Å²) >= 11 is 0. The lowest BCUT2D eigenvalue weighted by Gasteiger charge is -2.26.